The molecule has 0 aromatic heterocycles. The van der Waals surface area contributed by atoms with Crippen molar-refractivity contribution in [2.45, 2.75) is 32.3 Å². The molecule has 2 rings (SSSR count). The number of aliphatic hydroxyl groups is 1. The van der Waals surface area contributed by atoms with Gasteiger partial charge in [-0.3, -0.25) is 4.79 Å². The van der Waals surface area contributed by atoms with Gasteiger partial charge in [-0.15, -0.1) is 0 Å². The van der Waals surface area contributed by atoms with Gasteiger partial charge >= 0.3 is 0 Å². The Kier molecular flexibility index (Phi) is 6.34. The Morgan fingerprint density at radius 3 is 2.64 bits per heavy atom. The maximum Gasteiger partial charge on any atom is 0.220 e. The van der Waals surface area contributed by atoms with Gasteiger partial charge in [0.2, 0.25) is 5.91 Å². The Labute approximate surface area is 131 Å². The zero-order valence-electron chi connectivity index (χ0n) is 13.0. The molecule has 1 amide bonds. The van der Waals surface area contributed by atoms with Crippen LogP contribution in [0.4, 0.5) is 4.39 Å². The first-order valence-corrected chi connectivity index (χ1v) is 7.97. The molecule has 0 saturated carbocycles. The smallest absolute Gasteiger partial charge is 0.220 e. The normalized spacial score (nSPS) is 18.7. The third kappa shape index (κ3) is 5.07. The first kappa shape index (κ1) is 16.9. The molecule has 1 aromatic carbocycles. The zero-order valence-corrected chi connectivity index (χ0v) is 13.0. The highest BCUT2D eigenvalue weighted by atomic mass is 19.1. The van der Waals surface area contributed by atoms with Crippen LogP contribution in [0.15, 0.2) is 24.3 Å². The number of rotatable bonds is 6. The van der Waals surface area contributed by atoms with Crippen molar-refractivity contribution in [2.75, 3.05) is 19.6 Å². The second kappa shape index (κ2) is 8.25. The topological polar surface area (TPSA) is 61.4 Å². The van der Waals surface area contributed by atoms with Crippen LogP contribution in [0, 0.1) is 17.7 Å². The van der Waals surface area contributed by atoms with Crippen molar-refractivity contribution in [2.24, 2.45) is 11.8 Å². The average molecular weight is 308 g/mol. The number of hydrogen-bond acceptors (Lipinski definition) is 3. The van der Waals surface area contributed by atoms with Gasteiger partial charge < -0.3 is 15.7 Å². The van der Waals surface area contributed by atoms with E-state index in [9.17, 15) is 14.3 Å². The molecule has 5 heteroatoms. The fourth-order valence-corrected chi connectivity index (χ4v) is 2.96. The molecule has 2 unspecified atom stereocenters. The lowest BCUT2D eigenvalue weighted by Crippen LogP contribution is -2.34. The van der Waals surface area contributed by atoms with E-state index in [2.05, 4.69) is 17.6 Å². The Balaban J connectivity index is 1.73. The number of piperidine rings is 1. The van der Waals surface area contributed by atoms with Crippen molar-refractivity contribution in [1.82, 2.24) is 10.6 Å². The van der Waals surface area contributed by atoms with Crippen LogP contribution in [0.2, 0.25) is 0 Å². The minimum atomic E-state index is -0.807. The predicted octanol–water partition coefficient (Wildman–Crippen LogP) is 2.00. The first-order chi connectivity index (χ1) is 10.6. The molecule has 1 heterocycles. The molecule has 122 valence electrons. The summed E-state index contributed by atoms with van der Waals surface area (Å²) < 4.78 is 12.8. The maximum atomic E-state index is 12.8. The monoisotopic (exact) mass is 308 g/mol. The molecule has 1 fully saturated rings. The van der Waals surface area contributed by atoms with Crippen LogP contribution in [0.5, 0.6) is 0 Å². The Hall–Kier alpha value is -1.46. The van der Waals surface area contributed by atoms with Crippen LogP contribution in [-0.4, -0.2) is 30.6 Å². The lowest BCUT2D eigenvalue weighted by molar-refractivity contribution is -0.122. The summed E-state index contributed by atoms with van der Waals surface area (Å²) in [4.78, 5) is 12.0. The van der Waals surface area contributed by atoms with Gasteiger partial charge in [-0.1, -0.05) is 19.1 Å². The molecular formula is C17H25FN2O2. The number of hydrogen-bond donors (Lipinski definition) is 3. The van der Waals surface area contributed by atoms with E-state index in [4.69, 9.17) is 0 Å². The summed E-state index contributed by atoms with van der Waals surface area (Å²) in [5, 5.41) is 16.1. The van der Waals surface area contributed by atoms with E-state index < -0.39 is 6.10 Å². The van der Waals surface area contributed by atoms with Crippen molar-refractivity contribution in [3.63, 3.8) is 0 Å². The molecule has 22 heavy (non-hydrogen) atoms. The Morgan fingerprint density at radius 2 is 2.00 bits per heavy atom. The molecule has 1 aliphatic heterocycles. The van der Waals surface area contributed by atoms with Gasteiger partial charge in [0.05, 0.1) is 6.10 Å². The van der Waals surface area contributed by atoms with Gasteiger partial charge in [0, 0.05) is 13.0 Å². The lowest BCUT2D eigenvalue weighted by atomic mass is 9.84. The predicted molar refractivity (Wildman–Crippen MR) is 83.7 cm³/mol. The van der Waals surface area contributed by atoms with Crippen LogP contribution in [-0.2, 0) is 4.79 Å². The summed E-state index contributed by atoms with van der Waals surface area (Å²) in [7, 11) is 0. The number of carbonyl (C=O) groups is 1. The fourth-order valence-electron chi connectivity index (χ4n) is 2.96. The van der Waals surface area contributed by atoms with Crippen molar-refractivity contribution in [3.05, 3.63) is 35.6 Å². The number of nitrogens with one attached hydrogen (secondary N) is 2. The summed E-state index contributed by atoms with van der Waals surface area (Å²) >= 11 is 0. The quantitative estimate of drug-likeness (QED) is 0.753. The molecule has 3 N–H and O–H groups in total. The summed E-state index contributed by atoms with van der Waals surface area (Å²) in [5.74, 6) is 0.571. The fraction of sp³-hybridized carbons (Fsp3) is 0.588. The maximum absolute atomic E-state index is 12.8. The highest BCUT2D eigenvalue weighted by molar-refractivity contribution is 5.76. The van der Waals surface area contributed by atoms with Crippen LogP contribution in [0.3, 0.4) is 0 Å². The second-order valence-corrected chi connectivity index (χ2v) is 6.14. The van der Waals surface area contributed by atoms with Crippen molar-refractivity contribution >= 4 is 5.91 Å². The Morgan fingerprint density at radius 1 is 1.36 bits per heavy atom. The minimum absolute atomic E-state index is 0.0350. The largest absolute Gasteiger partial charge is 0.387 e. The van der Waals surface area contributed by atoms with Crippen molar-refractivity contribution < 1.29 is 14.3 Å². The third-order valence-corrected chi connectivity index (χ3v) is 4.44. The molecule has 1 saturated heterocycles. The molecule has 2 atom stereocenters. The molecule has 4 nitrogen and oxygen atoms in total. The number of amides is 1. The highest BCUT2D eigenvalue weighted by Gasteiger charge is 2.22. The molecule has 0 radical (unpaired) electrons. The second-order valence-electron chi connectivity index (χ2n) is 6.14. The zero-order chi connectivity index (χ0) is 15.9. The SMILES string of the molecule is CC(CC(=O)NCC(O)c1ccc(F)cc1)C1CCNCC1. The number of carbonyl (C=O) groups excluding carboxylic acids is 1. The lowest BCUT2D eigenvalue weighted by Gasteiger charge is -2.28. The summed E-state index contributed by atoms with van der Waals surface area (Å²) in [6.45, 7) is 4.33. The van der Waals surface area contributed by atoms with E-state index in [1.807, 2.05) is 0 Å². The molecule has 1 aliphatic rings. The molecule has 1 aromatic rings. The minimum Gasteiger partial charge on any atom is -0.387 e. The number of halogens is 1. The Bertz CT molecular complexity index is 472. The van der Waals surface area contributed by atoms with Gasteiger partial charge in [-0.25, -0.2) is 4.39 Å². The summed E-state index contributed by atoms with van der Waals surface area (Å²) in [6, 6.07) is 5.67. The molecule has 0 aliphatic carbocycles. The van der Waals surface area contributed by atoms with E-state index in [0.717, 1.165) is 25.9 Å². The number of aliphatic hydroxyl groups excluding tert-OH is 1. The standard InChI is InChI=1S/C17H25FN2O2/c1-12(13-6-8-19-9-7-13)10-17(22)20-11-16(21)14-2-4-15(18)5-3-14/h2-5,12-13,16,19,21H,6-11H2,1H3,(H,20,22). The van der Waals surface area contributed by atoms with Crippen molar-refractivity contribution in [1.29, 1.82) is 0 Å². The van der Waals surface area contributed by atoms with Gasteiger partial charge in [-0.2, -0.15) is 0 Å². The van der Waals surface area contributed by atoms with Gasteiger partial charge in [-0.05, 0) is 55.5 Å². The van der Waals surface area contributed by atoms with Crippen LogP contribution >= 0.6 is 0 Å². The van der Waals surface area contributed by atoms with Crippen LogP contribution in [0.1, 0.15) is 37.9 Å². The summed E-state index contributed by atoms with van der Waals surface area (Å²) in [5.41, 5.74) is 0.605. The van der Waals surface area contributed by atoms with Crippen LogP contribution < -0.4 is 10.6 Å². The van der Waals surface area contributed by atoms with E-state index in [0.29, 0.717) is 23.8 Å². The third-order valence-electron chi connectivity index (χ3n) is 4.44. The van der Waals surface area contributed by atoms with E-state index in [1.54, 1.807) is 0 Å². The molecule has 0 spiro atoms. The summed E-state index contributed by atoms with van der Waals surface area (Å²) in [6.07, 6.45) is 1.92. The molecular weight excluding hydrogens is 283 g/mol. The van der Waals surface area contributed by atoms with Gasteiger partial charge in [0.15, 0.2) is 0 Å². The average Bonchev–Trinajstić information content (AvgIpc) is 2.54. The molecule has 0 bridgehead atoms. The first-order valence-electron chi connectivity index (χ1n) is 7.97. The number of benzene rings is 1. The van der Waals surface area contributed by atoms with E-state index in [1.165, 1.54) is 24.3 Å². The van der Waals surface area contributed by atoms with Gasteiger partial charge in [0.1, 0.15) is 5.82 Å². The highest BCUT2D eigenvalue weighted by Crippen LogP contribution is 2.24. The van der Waals surface area contributed by atoms with E-state index >= 15 is 0 Å². The van der Waals surface area contributed by atoms with Crippen molar-refractivity contribution in [3.8, 4) is 0 Å². The van der Waals surface area contributed by atoms with E-state index in [-0.39, 0.29) is 18.3 Å². The van der Waals surface area contributed by atoms with Gasteiger partial charge in [0.25, 0.3) is 0 Å². The van der Waals surface area contributed by atoms with Crippen LogP contribution in [0.25, 0.3) is 0 Å².